The molecule has 1 aromatic heterocycles. The van der Waals surface area contributed by atoms with Crippen molar-refractivity contribution in [3.8, 4) is 11.4 Å². The van der Waals surface area contributed by atoms with Crippen LogP contribution in [0.3, 0.4) is 0 Å². The SMILES string of the molecule is COc1ccc2ccccc2c1CNC(=O)c1nc(C)n(-c2ccccc2Cl)n1. The maximum absolute atomic E-state index is 12.7. The third kappa shape index (κ3) is 3.67. The number of nitrogens with zero attached hydrogens (tertiary/aromatic N) is 3. The van der Waals surface area contributed by atoms with E-state index in [-0.39, 0.29) is 11.7 Å². The number of aromatic nitrogens is 3. The minimum Gasteiger partial charge on any atom is -0.496 e. The van der Waals surface area contributed by atoms with Gasteiger partial charge in [0.1, 0.15) is 11.6 Å². The Bertz CT molecular complexity index is 1200. The van der Waals surface area contributed by atoms with Gasteiger partial charge in [-0.2, -0.15) is 0 Å². The largest absolute Gasteiger partial charge is 0.496 e. The van der Waals surface area contributed by atoms with Crippen LogP contribution >= 0.6 is 11.6 Å². The topological polar surface area (TPSA) is 69.0 Å². The Morgan fingerprint density at radius 3 is 2.66 bits per heavy atom. The number of fused-ring (bicyclic) bond motifs is 1. The molecule has 6 nitrogen and oxygen atoms in total. The highest BCUT2D eigenvalue weighted by Crippen LogP contribution is 2.28. The summed E-state index contributed by atoms with van der Waals surface area (Å²) < 4.78 is 7.05. The van der Waals surface area contributed by atoms with Gasteiger partial charge < -0.3 is 10.1 Å². The Hall–Kier alpha value is -3.38. The van der Waals surface area contributed by atoms with Crippen molar-refractivity contribution >= 4 is 28.3 Å². The second kappa shape index (κ2) is 7.93. The Labute approximate surface area is 173 Å². The first kappa shape index (κ1) is 19.0. The Kier molecular flexibility index (Phi) is 5.18. The fourth-order valence-corrected chi connectivity index (χ4v) is 3.49. The van der Waals surface area contributed by atoms with E-state index in [0.29, 0.717) is 23.1 Å². The normalized spacial score (nSPS) is 10.9. The molecule has 0 aliphatic carbocycles. The number of para-hydroxylation sites is 1. The number of hydrogen-bond donors (Lipinski definition) is 1. The zero-order chi connectivity index (χ0) is 20.4. The first-order valence-corrected chi connectivity index (χ1v) is 9.47. The Balaban J connectivity index is 1.60. The average Bonchev–Trinajstić information content (AvgIpc) is 3.13. The molecule has 0 radical (unpaired) electrons. The summed E-state index contributed by atoms with van der Waals surface area (Å²) in [6.07, 6.45) is 0. The van der Waals surface area contributed by atoms with Crippen LogP contribution in [0.5, 0.6) is 5.75 Å². The molecule has 4 rings (SSSR count). The van der Waals surface area contributed by atoms with Gasteiger partial charge in [-0.3, -0.25) is 4.79 Å². The van der Waals surface area contributed by atoms with Gasteiger partial charge in [-0.15, -0.1) is 5.10 Å². The lowest BCUT2D eigenvalue weighted by Crippen LogP contribution is -2.24. The summed E-state index contributed by atoms with van der Waals surface area (Å²) in [5.74, 6) is 1.01. The molecule has 0 saturated heterocycles. The third-order valence-corrected chi connectivity index (χ3v) is 5.02. The van der Waals surface area contributed by atoms with Crippen molar-refractivity contribution in [1.29, 1.82) is 0 Å². The lowest BCUT2D eigenvalue weighted by Gasteiger charge is -2.12. The summed E-state index contributed by atoms with van der Waals surface area (Å²) in [5.41, 5.74) is 1.58. The summed E-state index contributed by atoms with van der Waals surface area (Å²) in [5, 5.41) is 9.87. The van der Waals surface area contributed by atoms with Crippen LogP contribution in [0.4, 0.5) is 0 Å². The molecule has 1 amide bonds. The van der Waals surface area contributed by atoms with E-state index in [1.165, 1.54) is 0 Å². The number of halogens is 1. The van der Waals surface area contributed by atoms with E-state index in [0.717, 1.165) is 22.1 Å². The number of hydrogen-bond acceptors (Lipinski definition) is 4. The monoisotopic (exact) mass is 406 g/mol. The molecule has 29 heavy (non-hydrogen) atoms. The number of carbonyl (C=O) groups excluding carboxylic acids is 1. The molecule has 7 heteroatoms. The van der Waals surface area contributed by atoms with Crippen LogP contribution in [0, 0.1) is 6.92 Å². The fourth-order valence-electron chi connectivity index (χ4n) is 3.28. The van der Waals surface area contributed by atoms with Crippen molar-refractivity contribution < 1.29 is 9.53 Å². The lowest BCUT2D eigenvalue weighted by molar-refractivity contribution is 0.0940. The minimum absolute atomic E-state index is 0.0848. The molecule has 3 aromatic carbocycles. The molecule has 4 aromatic rings. The molecule has 0 bridgehead atoms. The number of aryl methyl sites for hydroxylation is 1. The first-order chi connectivity index (χ1) is 14.1. The van der Waals surface area contributed by atoms with E-state index in [9.17, 15) is 4.79 Å². The first-order valence-electron chi connectivity index (χ1n) is 9.10. The predicted octanol–water partition coefficient (Wildman–Crippen LogP) is 4.32. The lowest BCUT2D eigenvalue weighted by atomic mass is 10.0. The summed E-state index contributed by atoms with van der Waals surface area (Å²) in [6, 6.07) is 19.2. The van der Waals surface area contributed by atoms with E-state index < -0.39 is 0 Å². The van der Waals surface area contributed by atoms with Gasteiger partial charge in [0.05, 0.1) is 17.8 Å². The second-order valence-corrected chi connectivity index (χ2v) is 6.90. The van der Waals surface area contributed by atoms with Crippen LogP contribution in [0.2, 0.25) is 5.02 Å². The van der Waals surface area contributed by atoms with Gasteiger partial charge in [0.25, 0.3) is 5.91 Å². The molecular weight excluding hydrogens is 388 g/mol. The van der Waals surface area contributed by atoms with E-state index in [2.05, 4.69) is 15.4 Å². The van der Waals surface area contributed by atoms with Crippen LogP contribution in [0.25, 0.3) is 16.5 Å². The van der Waals surface area contributed by atoms with Crippen LogP contribution in [0.1, 0.15) is 22.0 Å². The maximum atomic E-state index is 12.7. The Morgan fingerprint density at radius 2 is 1.86 bits per heavy atom. The fraction of sp³-hybridized carbons (Fsp3) is 0.136. The third-order valence-electron chi connectivity index (χ3n) is 4.70. The maximum Gasteiger partial charge on any atom is 0.291 e. The molecule has 0 saturated carbocycles. The van der Waals surface area contributed by atoms with Crippen molar-refractivity contribution in [1.82, 2.24) is 20.1 Å². The summed E-state index contributed by atoms with van der Waals surface area (Å²) >= 11 is 6.25. The van der Waals surface area contributed by atoms with Crippen molar-refractivity contribution in [2.75, 3.05) is 7.11 Å². The van der Waals surface area contributed by atoms with Crippen LogP contribution < -0.4 is 10.1 Å². The summed E-state index contributed by atoms with van der Waals surface area (Å²) in [7, 11) is 1.62. The van der Waals surface area contributed by atoms with Crippen molar-refractivity contribution in [2.24, 2.45) is 0 Å². The quantitative estimate of drug-likeness (QED) is 0.536. The molecule has 0 aliphatic heterocycles. The predicted molar refractivity (Wildman–Crippen MR) is 113 cm³/mol. The number of rotatable bonds is 5. The number of carbonyl (C=O) groups is 1. The number of amides is 1. The highest BCUT2D eigenvalue weighted by atomic mass is 35.5. The molecule has 0 atom stereocenters. The summed E-state index contributed by atoms with van der Waals surface area (Å²) in [6.45, 7) is 2.07. The number of benzene rings is 3. The standard InChI is InChI=1S/C22H19ClN4O2/c1-14-25-21(26-27(14)19-10-6-5-9-18(19)23)22(28)24-13-17-16-8-4-3-7-15(16)11-12-20(17)29-2/h3-12H,13H2,1-2H3,(H,24,28). The van der Waals surface area contributed by atoms with Gasteiger partial charge >= 0.3 is 0 Å². The average molecular weight is 407 g/mol. The molecule has 0 spiro atoms. The highest BCUT2D eigenvalue weighted by Gasteiger charge is 2.17. The zero-order valence-electron chi connectivity index (χ0n) is 16.0. The molecular formula is C22H19ClN4O2. The van der Waals surface area contributed by atoms with Gasteiger partial charge in [-0.05, 0) is 35.9 Å². The molecule has 1 N–H and O–H groups in total. The summed E-state index contributed by atoms with van der Waals surface area (Å²) in [4.78, 5) is 17.0. The Morgan fingerprint density at radius 1 is 1.10 bits per heavy atom. The van der Waals surface area contributed by atoms with E-state index in [1.54, 1.807) is 24.8 Å². The van der Waals surface area contributed by atoms with Gasteiger partial charge in [0, 0.05) is 12.1 Å². The van der Waals surface area contributed by atoms with Crippen LogP contribution in [0.15, 0.2) is 60.7 Å². The van der Waals surface area contributed by atoms with Crippen LogP contribution in [-0.4, -0.2) is 27.8 Å². The molecule has 1 heterocycles. The van der Waals surface area contributed by atoms with Gasteiger partial charge in [0.15, 0.2) is 0 Å². The van der Waals surface area contributed by atoms with Crippen molar-refractivity contribution in [3.05, 3.63) is 82.9 Å². The van der Waals surface area contributed by atoms with Gasteiger partial charge in [0.2, 0.25) is 5.82 Å². The second-order valence-electron chi connectivity index (χ2n) is 6.50. The molecule has 0 unspecified atom stereocenters. The van der Waals surface area contributed by atoms with E-state index in [1.807, 2.05) is 54.6 Å². The van der Waals surface area contributed by atoms with E-state index >= 15 is 0 Å². The molecule has 0 aliphatic rings. The minimum atomic E-state index is -0.367. The van der Waals surface area contributed by atoms with Crippen LogP contribution in [-0.2, 0) is 6.54 Å². The zero-order valence-corrected chi connectivity index (χ0v) is 16.8. The van der Waals surface area contributed by atoms with E-state index in [4.69, 9.17) is 16.3 Å². The highest BCUT2D eigenvalue weighted by molar-refractivity contribution is 6.32. The number of nitrogens with one attached hydrogen (secondary N) is 1. The molecule has 0 fully saturated rings. The van der Waals surface area contributed by atoms with Crippen molar-refractivity contribution in [2.45, 2.75) is 13.5 Å². The van der Waals surface area contributed by atoms with Gasteiger partial charge in [-0.1, -0.05) is 54.1 Å². The van der Waals surface area contributed by atoms with Crippen molar-refractivity contribution in [3.63, 3.8) is 0 Å². The smallest absolute Gasteiger partial charge is 0.291 e. The number of ether oxygens (including phenoxy) is 1. The van der Waals surface area contributed by atoms with Gasteiger partial charge in [-0.25, -0.2) is 9.67 Å². The number of methoxy groups -OCH3 is 1. The molecule has 146 valence electrons.